The molecule has 4 aromatic rings. The summed E-state index contributed by atoms with van der Waals surface area (Å²) in [4.78, 5) is 19.0. The molecule has 5 rings (SSSR count). The van der Waals surface area contributed by atoms with E-state index in [1.807, 2.05) is 12.1 Å². The number of aryl methyl sites for hydroxylation is 1. The van der Waals surface area contributed by atoms with Crippen LogP contribution in [0, 0.1) is 5.92 Å². The molecule has 0 radical (unpaired) electrons. The lowest BCUT2D eigenvalue weighted by atomic mass is 9.87. The van der Waals surface area contributed by atoms with Crippen LogP contribution in [0.2, 0.25) is 0 Å². The number of aromatic nitrogens is 3. The minimum Gasteiger partial charge on any atom is -0.539 e. The smallest absolute Gasteiger partial charge is 0.312 e. The maximum atomic E-state index is 13.3. The van der Waals surface area contributed by atoms with Gasteiger partial charge in [0.2, 0.25) is 5.69 Å². The highest BCUT2D eigenvalue weighted by Crippen LogP contribution is 2.37. The summed E-state index contributed by atoms with van der Waals surface area (Å²) < 4.78 is 6.00. The highest BCUT2D eigenvalue weighted by Gasteiger charge is 2.32. The Kier molecular flexibility index (Phi) is 4.09. The molecule has 3 aromatic heterocycles. The number of hydrogen-bond acceptors (Lipinski definition) is 7. The van der Waals surface area contributed by atoms with Crippen molar-refractivity contribution in [2.75, 3.05) is 5.73 Å². The Morgan fingerprint density at radius 3 is 2.93 bits per heavy atom. The number of para-hydroxylation sites is 1. The van der Waals surface area contributed by atoms with Crippen LogP contribution in [-0.2, 0) is 12.8 Å². The number of nitrogens with zero attached hydrogens (tertiary/aromatic N) is 3. The largest absolute Gasteiger partial charge is 0.539 e. The molecule has 8 heteroatoms. The van der Waals surface area contributed by atoms with Gasteiger partial charge in [-0.3, -0.25) is 4.79 Å². The standard InChI is InChI=1S/C21H18N4O3S/c1-11-7-8-15-12(9-11)10-14-16(22)19(29-20(14)23-15)18(26)17-21(27)28-24-25(17)13-5-3-2-4-6-13/h2-6,10-11H,7-9H2,1H3,(H2-,22,24,26,27). The molecule has 1 aromatic carbocycles. The average Bonchev–Trinajstić information content (AvgIpc) is 3.27. The SMILES string of the molecule is CC1CCc2nc3sc(C(=O)c4c([O-])on[n+]4-c4ccccc4)c(N)c3cc2C1. The Balaban J connectivity index is 1.63. The summed E-state index contributed by atoms with van der Waals surface area (Å²) in [6, 6.07) is 10.9. The molecule has 3 heterocycles. The zero-order valence-electron chi connectivity index (χ0n) is 15.7. The zero-order valence-corrected chi connectivity index (χ0v) is 16.5. The predicted octanol–water partition coefficient (Wildman–Crippen LogP) is 2.57. The molecule has 0 saturated carbocycles. The van der Waals surface area contributed by atoms with Crippen LogP contribution in [-0.4, -0.2) is 16.0 Å². The van der Waals surface area contributed by atoms with E-state index in [9.17, 15) is 9.90 Å². The molecule has 0 bridgehead atoms. The van der Waals surface area contributed by atoms with E-state index >= 15 is 0 Å². The van der Waals surface area contributed by atoms with Gasteiger partial charge in [-0.15, -0.1) is 11.3 Å². The quantitative estimate of drug-likeness (QED) is 0.414. The van der Waals surface area contributed by atoms with E-state index in [1.54, 1.807) is 24.3 Å². The molecule has 0 amide bonds. The van der Waals surface area contributed by atoms with Crippen molar-refractivity contribution < 1.29 is 19.1 Å². The van der Waals surface area contributed by atoms with Crippen LogP contribution in [0.4, 0.5) is 5.69 Å². The molecule has 0 aliphatic heterocycles. The van der Waals surface area contributed by atoms with Crippen molar-refractivity contribution in [2.45, 2.75) is 26.2 Å². The predicted molar refractivity (Wildman–Crippen MR) is 106 cm³/mol. The number of hydrogen-bond donors (Lipinski definition) is 1. The number of rotatable bonds is 3. The molecule has 0 spiro atoms. The first-order valence-corrected chi connectivity index (χ1v) is 10.2. The van der Waals surface area contributed by atoms with Gasteiger partial charge in [-0.1, -0.05) is 25.1 Å². The Bertz CT molecular complexity index is 1250. The van der Waals surface area contributed by atoms with Crippen LogP contribution in [0.5, 0.6) is 5.95 Å². The molecule has 1 aliphatic rings. The Morgan fingerprint density at radius 1 is 1.34 bits per heavy atom. The highest BCUT2D eigenvalue weighted by atomic mass is 32.1. The van der Waals surface area contributed by atoms with Gasteiger partial charge in [-0.05, 0) is 41.5 Å². The van der Waals surface area contributed by atoms with Gasteiger partial charge in [0.05, 0.1) is 11.0 Å². The second kappa shape index (κ2) is 6.66. The molecular formula is C21H18N4O3S. The third-order valence-corrected chi connectivity index (χ3v) is 6.48. The van der Waals surface area contributed by atoms with Crippen molar-refractivity contribution in [3.05, 3.63) is 58.2 Å². The molecule has 1 unspecified atom stereocenters. The Morgan fingerprint density at radius 2 is 2.14 bits per heavy atom. The van der Waals surface area contributed by atoms with Gasteiger partial charge in [0.1, 0.15) is 9.71 Å². The lowest BCUT2D eigenvalue weighted by Gasteiger charge is -2.20. The number of nitrogens with two attached hydrogens (primary N) is 1. The van der Waals surface area contributed by atoms with Crippen LogP contribution in [0.3, 0.4) is 0 Å². The van der Waals surface area contributed by atoms with Crippen molar-refractivity contribution in [1.82, 2.24) is 10.3 Å². The van der Waals surface area contributed by atoms with Crippen LogP contribution in [0.25, 0.3) is 15.9 Å². The molecule has 0 saturated heterocycles. The van der Waals surface area contributed by atoms with Crippen LogP contribution >= 0.6 is 11.3 Å². The van der Waals surface area contributed by atoms with Crippen molar-refractivity contribution in [3.8, 4) is 11.6 Å². The summed E-state index contributed by atoms with van der Waals surface area (Å²) in [6.07, 6.45) is 2.99. The number of pyridine rings is 1. The molecule has 2 N–H and O–H groups in total. The third-order valence-electron chi connectivity index (χ3n) is 5.36. The number of anilines is 1. The molecule has 146 valence electrons. The van der Waals surface area contributed by atoms with E-state index < -0.39 is 11.7 Å². The number of carbonyl (C=O) groups excluding carboxylic acids is 1. The van der Waals surface area contributed by atoms with E-state index in [0.29, 0.717) is 22.1 Å². The van der Waals surface area contributed by atoms with Crippen molar-refractivity contribution in [1.29, 1.82) is 0 Å². The van der Waals surface area contributed by atoms with Crippen LogP contribution < -0.4 is 15.5 Å². The second-order valence-corrected chi connectivity index (χ2v) is 8.42. The number of ketones is 1. The molecular weight excluding hydrogens is 388 g/mol. The topological polar surface area (TPSA) is 109 Å². The normalized spacial score (nSPS) is 16.1. The lowest BCUT2D eigenvalue weighted by molar-refractivity contribution is -0.672. The number of thiophene rings is 1. The summed E-state index contributed by atoms with van der Waals surface area (Å²) in [5.41, 5.74) is 9.34. The van der Waals surface area contributed by atoms with E-state index in [4.69, 9.17) is 15.2 Å². The first-order chi connectivity index (χ1) is 14.0. The maximum absolute atomic E-state index is 13.3. The second-order valence-electron chi connectivity index (χ2n) is 7.43. The summed E-state index contributed by atoms with van der Waals surface area (Å²) in [5, 5.41) is 16.8. The van der Waals surface area contributed by atoms with Gasteiger partial charge in [-0.2, -0.15) is 0 Å². The van der Waals surface area contributed by atoms with Gasteiger partial charge in [0.25, 0.3) is 5.78 Å². The van der Waals surface area contributed by atoms with Gasteiger partial charge < -0.3 is 15.4 Å². The Labute approximate surface area is 170 Å². The van der Waals surface area contributed by atoms with Crippen LogP contribution in [0.1, 0.15) is 40.0 Å². The van der Waals surface area contributed by atoms with E-state index in [-0.39, 0.29) is 10.6 Å². The van der Waals surface area contributed by atoms with E-state index in [0.717, 1.165) is 30.3 Å². The number of carbonyl (C=O) groups is 1. The van der Waals surface area contributed by atoms with Gasteiger partial charge in [0.15, 0.2) is 5.95 Å². The summed E-state index contributed by atoms with van der Waals surface area (Å²) >= 11 is 1.21. The lowest BCUT2D eigenvalue weighted by Crippen LogP contribution is -2.39. The molecule has 29 heavy (non-hydrogen) atoms. The van der Waals surface area contributed by atoms with Crippen molar-refractivity contribution in [3.63, 3.8) is 0 Å². The number of fused-ring (bicyclic) bond motifs is 2. The summed E-state index contributed by atoms with van der Waals surface area (Å²) in [7, 11) is 0. The fourth-order valence-corrected chi connectivity index (χ4v) is 4.87. The number of benzene rings is 1. The third kappa shape index (κ3) is 2.87. The van der Waals surface area contributed by atoms with Crippen molar-refractivity contribution >= 4 is 33.0 Å². The summed E-state index contributed by atoms with van der Waals surface area (Å²) in [6.45, 7) is 2.23. The number of nitrogen functional groups attached to an aromatic ring is 1. The molecule has 0 fully saturated rings. The Hall–Kier alpha value is -3.26. The van der Waals surface area contributed by atoms with Crippen LogP contribution in [0.15, 0.2) is 40.9 Å². The van der Waals surface area contributed by atoms with Gasteiger partial charge in [-0.25, -0.2) is 4.98 Å². The molecule has 1 aliphatic carbocycles. The first-order valence-electron chi connectivity index (χ1n) is 9.43. The minimum atomic E-state index is -0.795. The highest BCUT2D eigenvalue weighted by molar-refractivity contribution is 7.21. The van der Waals surface area contributed by atoms with Gasteiger partial charge >= 0.3 is 5.69 Å². The maximum Gasteiger partial charge on any atom is 0.312 e. The monoisotopic (exact) mass is 406 g/mol. The zero-order chi connectivity index (χ0) is 20.1. The average molecular weight is 406 g/mol. The fourth-order valence-electron chi connectivity index (χ4n) is 3.83. The molecule has 7 nitrogen and oxygen atoms in total. The molecule has 1 atom stereocenters. The first kappa shape index (κ1) is 17.8. The van der Waals surface area contributed by atoms with Crippen molar-refractivity contribution in [2.24, 2.45) is 5.92 Å². The van der Waals surface area contributed by atoms with E-state index in [1.165, 1.54) is 21.6 Å². The van der Waals surface area contributed by atoms with E-state index in [2.05, 4.69) is 12.2 Å². The minimum absolute atomic E-state index is 0.173. The van der Waals surface area contributed by atoms with Gasteiger partial charge in [0, 0.05) is 23.2 Å². The fraction of sp³-hybridized carbons (Fsp3) is 0.238. The summed E-state index contributed by atoms with van der Waals surface area (Å²) in [5.74, 6) is -0.698.